The summed E-state index contributed by atoms with van der Waals surface area (Å²) in [7, 11) is 1.60. The number of hydrogen-bond acceptors (Lipinski definition) is 5. The maximum Gasteiger partial charge on any atom is 0.255 e. The maximum absolute atomic E-state index is 12.6. The van der Waals surface area contributed by atoms with Crippen LogP contribution in [0.1, 0.15) is 22.8 Å². The number of methoxy groups -OCH3 is 1. The van der Waals surface area contributed by atoms with Gasteiger partial charge in [0, 0.05) is 37.4 Å². The molecule has 0 radical (unpaired) electrons. The van der Waals surface area contributed by atoms with Gasteiger partial charge in [0.15, 0.2) is 0 Å². The van der Waals surface area contributed by atoms with Gasteiger partial charge in [-0.3, -0.25) is 4.79 Å². The zero-order valence-electron chi connectivity index (χ0n) is 16.3. The van der Waals surface area contributed by atoms with Crippen LogP contribution in [0.4, 0.5) is 17.1 Å². The highest BCUT2D eigenvalue weighted by Crippen LogP contribution is 2.31. The Balaban J connectivity index is 1.78. The molecule has 3 N–H and O–H groups in total. The van der Waals surface area contributed by atoms with Crippen LogP contribution < -0.4 is 20.7 Å². The largest absolute Gasteiger partial charge is 0.497 e. The van der Waals surface area contributed by atoms with E-state index in [1.165, 1.54) is 0 Å². The van der Waals surface area contributed by atoms with Crippen molar-refractivity contribution in [2.45, 2.75) is 13.8 Å². The third kappa shape index (κ3) is 4.34. The Kier molecular flexibility index (Phi) is 5.86. The predicted molar refractivity (Wildman–Crippen MR) is 111 cm³/mol. The minimum absolute atomic E-state index is 0.185. The fourth-order valence-corrected chi connectivity index (χ4v) is 3.41. The first kappa shape index (κ1) is 19.0. The van der Waals surface area contributed by atoms with Gasteiger partial charge in [0.05, 0.1) is 18.5 Å². The number of hydrogen-bond donors (Lipinski definition) is 2. The normalized spacial score (nSPS) is 14.9. The van der Waals surface area contributed by atoms with Crippen molar-refractivity contribution in [1.82, 2.24) is 4.90 Å². The van der Waals surface area contributed by atoms with Crippen LogP contribution in [0.15, 0.2) is 36.4 Å². The van der Waals surface area contributed by atoms with E-state index in [1.807, 2.05) is 12.1 Å². The Morgan fingerprint density at radius 2 is 1.81 bits per heavy atom. The second-order valence-corrected chi connectivity index (χ2v) is 6.83. The van der Waals surface area contributed by atoms with Gasteiger partial charge in [-0.05, 0) is 55.4 Å². The predicted octanol–water partition coefficient (Wildman–Crippen LogP) is 2.98. The van der Waals surface area contributed by atoms with Crippen LogP contribution in [-0.4, -0.2) is 50.6 Å². The average Bonchev–Trinajstić information content (AvgIpc) is 2.70. The monoisotopic (exact) mass is 368 g/mol. The summed E-state index contributed by atoms with van der Waals surface area (Å²) < 4.78 is 5.14. The van der Waals surface area contributed by atoms with Crippen molar-refractivity contribution in [2.24, 2.45) is 0 Å². The van der Waals surface area contributed by atoms with E-state index in [1.54, 1.807) is 31.4 Å². The van der Waals surface area contributed by atoms with E-state index in [4.69, 9.17) is 10.5 Å². The number of nitrogens with two attached hydrogens (primary N) is 1. The lowest BCUT2D eigenvalue weighted by atomic mass is 10.1. The molecule has 1 heterocycles. The Hall–Kier alpha value is -2.73. The molecule has 0 unspecified atom stereocenters. The molecular formula is C21H28N4O2. The second kappa shape index (κ2) is 8.31. The summed E-state index contributed by atoms with van der Waals surface area (Å²) >= 11 is 0. The highest BCUT2D eigenvalue weighted by Gasteiger charge is 2.19. The molecule has 0 aromatic heterocycles. The molecule has 0 saturated carbocycles. The third-order valence-electron chi connectivity index (χ3n) is 5.13. The van der Waals surface area contributed by atoms with Gasteiger partial charge in [-0.25, -0.2) is 0 Å². The van der Waals surface area contributed by atoms with Crippen LogP contribution in [0, 0.1) is 6.92 Å². The first-order chi connectivity index (χ1) is 13.0. The number of anilines is 3. The fourth-order valence-electron chi connectivity index (χ4n) is 3.41. The third-order valence-corrected chi connectivity index (χ3v) is 5.13. The van der Waals surface area contributed by atoms with Gasteiger partial charge in [0.1, 0.15) is 5.75 Å². The number of rotatable bonds is 5. The minimum Gasteiger partial charge on any atom is -0.497 e. The number of amides is 1. The highest BCUT2D eigenvalue weighted by molar-refractivity contribution is 6.06. The zero-order chi connectivity index (χ0) is 19.4. The maximum atomic E-state index is 12.6. The molecule has 2 aromatic carbocycles. The number of nitrogens with one attached hydrogen (secondary N) is 1. The average molecular weight is 368 g/mol. The van der Waals surface area contributed by atoms with Gasteiger partial charge in [-0.2, -0.15) is 0 Å². The van der Waals surface area contributed by atoms with Gasteiger partial charge >= 0.3 is 0 Å². The number of aryl methyl sites for hydroxylation is 1. The second-order valence-electron chi connectivity index (χ2n) is 6.83. The van der Waals surface area contributed by atoms with E-state index in [9.17, 15) is 4.79 Å². The van der Waals surface area contributed by atoms with E-state index in [2.05, 4.69) is 29.0 Å². The summed E-state index contributed by atoms with van der Waals surface area (Å²) in [6.45, 7) is 9.39. The number of carbonyl (C=O) groups is 1. The van der Waals surface area contributed by atoms with Crippen molar-refractivity contribution in [3.63, 3.8) is 0 Å². The van der Waals surface area contributed by atoms with Crippen LogP contribution >= 0.6 is 0 Å². The number of benzene rings is 2. The smallest absolute Gasteiger partial charge is 0.255 e. The number of nitrogen functional groups attached to an aromatic ring is 1. The molecule has 1 saturated heterocycles. The first-order valence-corrected chi connectivity index (χ1v) is 9.34. The van der Waals surface area contributed by atoms with Crippen molar-refractivity contribution in [2.75, 3.05) is 55.8 Å². The van der Waals surface area contributed by atoms with Gasteiger partial charge in [-0.1, -0.05) is 6.92 Å². The number of piperazine rings is 1. The molecule has 1 aliphatic rings. The lowest BCUT2D eigenvalue weighted by molar-refractivity contribution is 0.102. The van der Waals surface area contributed by atoms with Crippen molar-refractivity contribution in [3.05, 3.63) is 47.5 Å². The van der Waals surface area contributed by atoms with E-state index in [0.717, 1.165) is 49.7 Å². The van der Waals surface area contributed by atoms with Gasteiger partial charge in [-0.15, -0.1) is 0 Å². The molecule has 0 spiro atoms. The molecule has 144 valence electrons. The molecule has 0 bridgehead atoms. The summed E-state index contributed by atoms with van der Waals surface area (Å²) in [4.78, 5) is 17.4. The van der Waals surface area contributed by atoms with Gasteiger partial charge < -0.3 is 25.6 Å². The van der Waals surface area contributed by atoms with Crippen LogP contribution in [0.3, 0.4) is 0 Å². The Labute approximate surface area is 160 Å². The van der Waals surface area contributed by atoms with Crippen molar-refractivity contribution in [1.29, 1.82) is 0 Å². The standard InChI is InChI=1S/C21H28N4O2/c1-4-24-9-11-25(12-10-24)20-14-19(18(22)13-15(20)2)23-21(26)16-5-7-17(27-3)8-6-16/h5-8,13-14H,4,9-12,22H2,1-3H3,(H,23,26). The van der Waals surface area contributed by atoms with Crippen LogP contribution in [-0.2, 0) is 0 Å². The van der Waals surface area contributed by atoms with Gasteiger partial charge in [0.25, 0.3) is 5.91 Å². The molecule has 3 rings (SSSR count). The Morgan fingerprint density at radius 1 is 1.15 bits per heavy atom. The molecule has 6 nitrogen and oxygen atoms in total. The minimum atomic E-state index is -0.185. The van der Waals surface area contributed by atoms with Gasteiger partial charge in [0.2, 0.25) is 0 Å². The molecule has 1 amide bonds. The van der Waals surface area contributed by atoms with Crippen molar-refractivity contribution >= 4 is 23.0 Å². The van der Waals surface area contributed by atoms with E-state index in [-0.39, 0.29) is 5.91 Å². The summed E-state index contributed by atoms with van der Waals surface area (Å²) in [5.41, 5.74) is 10.2. The fraction of sp³-hybridized carbons (Fsp3) is 0.381. The molecular weight excluding hydrogens is 340 g/mol. The van der Waals surface area contributed by atoms with E-state index in [0.29, 0.717) is 16.9 Å². The number of ether oxygens (including phenoxy) is 1. The quantitative estimate of drug-likeness (QED) is 0.794. The highest BCUT2D eigenvalue weighted by atomic mass is 16.5. The molecule has 1 aliphatic heterocycles. The molecule has 2 aromatic rings. The molecule has 0 aliphatic carbocycles. The first-order valence-electron chi connectivity index (χ1n) is 9.34. The van der Waals surface area contributed by atoms with Crippen molar-refractivity contribution < 1.29 is 9.53 Å². The van der Waals surface area contributed by atoms with E-state index >= 15 is 0 Å². The Bertz CT molecular complexity index is 797. The summed E-state index contributed by atoms with van der Waals surface area (Å²) in [5, 5.41) is 2.95. The summed E-state index contributed by atoms with van der Waals surface area (Å²) in [5.74, 6) is 0.532. The zero-order valence-corrected chi connectivity index (χ0v) is 16.3. The van der Waals surface area contributed by atoms with Crippen LogP contribution in [0.5, 0.6) is 5.75 Å². The number of likely N-dealkylation sites (N-methyl/N-ethyl adjacent to an activating group) is 1. The molecule has 1 fully saturated rings. The molecule has 6 heteroatoms. The van der Waals surface area contributed by atoms with E-state index < -0.39 is 0 Å². The van der Waals surface area contributed by atoms with Crippen molar-refractivity contribution in [3.8, 4) is 5.75 Å². The lowest BCUT2D eigenvalue weighted by Gasteiger charge is -2.36. The number of nitrogens with zero attached hydrogens (tertiary/aromatic N) is 2. The molecule has 0 atom stereocenters. The van der Waals surface area contributed by atoms with Crippen LogP contribution in [0.25, 0.3) is 0 Å². The van der Waals surface area contributed by atoms with Crippen LogP contribution in [0.2, 0.25) is 0 Å². The Morgan fingerprint density at radius 3 is 2.41 bits per heavy atom. The lowest BCUT2D eigenvalue weighted by Crippen LogP contribution is -2.46. The number of carbonyl (C=O) groups excluding carboxylic acids is 1. The SMILES string of the molecule is CCN1CCN(c2cc(NC(=O)c3ccc(OC)cc3)c(N)cc2C)CC1. The summed E-state index contributed by atoms with van der Waals surface area (Å²) in [6.07, 6.45) is 0. The molecule has 27 heavy (non-hydrogen) atoms. The topological polar surface area (TPSA) is 70.8 Å². The summed E-state index contributed by atoms with van der Waals surface area (Å²) in [6, 6.07) is 10.9.